The number of nitrogens with two attached hydrogens (primary N) is 2. The summed E-state index contributed by atoms with van der Waals surface area (Å²) in [5.41, 5.74) is 9.25. The fraction of sp³-hybridized carbons (Fsp3) is 0.462. The molecular formula is C13H30N8O13. The topological polar surface area (TPSA) is 374 Å². The molecule has 4 amide bonds. The van der Waals surface area contributed by atoms with Gasteiger partial charge in [-0.1, -0.05) is 14.9 Å². The van der Waals surface area contributed by atoms with Crippen LogP contribution in [0.5, 0.6) is 0 Å². The van der Waals surface area contributed by atoms with Crippen LogP contribution in [0, 0.1) is 0 Å². The first kappa shape index (κ1) is 51.6. The Kier molecular flexibility index (Phi) is 77.5. The highest BCUT2D eigenvalue weighted by Gasteiger charge is 1.94. The zero-order valence-corrected chi connectivity index (χ0v) is 15.9. The first-order valence-electron chi connectivity index (χ1n) is 6.84. The summed E-state index contributed by atoms with van der Waals surface area (Å²) in [6, 6.07) is 0. The summed E-state index contributed by atoms with van der Waals surface area (Å²) in [6.07, 6.45) is -2.38. The predicted molar refractivity (Wildman–Crippen MR) is 111 cm³/mol. The van der Waals surface area contributed by atoms with Crippen LogP contribution in [0.4, 0.5) is 19.2 Å². The van der Waals surface area contributed by atoms with Gasteiger partial charge < -0.3 is 58.6 Å². The van der Waals surface area contributed by atoms with Gasteiger partial charge in [-0.05, 0) is 0 Å². The van der Waals surface area contributed by atoms with Gasteiger partial charge in [-0.25, -0.2) is 28.8 Å². The van der Waals surface area contributed by atoms with Crippen molar-refractivity contribution in [3.63, 3.8) is 0 Å². The van der Waals surface area contributed by atoms with Crippen molar-refractivity contribution in [2.24, 2.45) is 21.5 Å². The number of aliphatic imine (C=N–C) groups is 2. The molecule has 0 aromatic heterocycles. The predicted octanol–water partition coefficient (Wildman–Crippen LogP) is -2.70. The number of isocyanates is 2. The minimum atomic E-state index is -1.26. The van der Waals surface area contributed by atoms with Gasteiger partial charge in [-0.2, -0.15) is 19.6 Å². The maximum atomic E-state index is 9.64. The number of nitrogens with zero attached hydrogens (tertiary/aromatic N) is 2. The monoisotopic (exact) mass is 506 g/mol. The van der Waals surface area contributed by atoms with E-state index in [4.69, 9.17) is 30.0 Å². The molecule has 0 atom stereocenters. The highest BCUT2D eigenvalue weighted by Crippen LogP contribution is 1.61. The largest absolute Gasteiger partial charge is 0.465 e. The molecule has 34 heavy (non-hydrogen) atoms. The number of hydrogen-bond acceptors (Lipinski definition) is 12. The van der Waals surface area contributed by atoms with Crippen LogP contribution in [-0.2, 0) is 19.2 Å². The van der Waals surface area contributed by atoms with Crippen LogP contribution in [0.3, 0.4) is 0 Å². The van der Waals surface area contributed by atoms with E-state index in [2.05, 4.69) is 21.5 Å². The average Bonchev–Trinajstić information content (AvgIpc) is 2.63. The van der Waals surface area contributed by atoms with E-state index in [1.165, 1.54) is 12.2 Å². The van der Waals surface area contributed by atoms with Crippen LogP contribution >= 0.6 is 0 Å². The molecule has 200 valence electrons. The summed E-state index contributed by atoms with van der Waals surface area (Å²) in [7, 11) is 0. The Balaban J connectivity index is -0.0000000430. The van der Waals surface area contributed by atoms with Gasteiger partial charge in [0, 0.05) is 6.67 Å². The summed E-state index contributed by atoms with van der Waals surface area (Å²) >= 11 is 0. The Morgan fingerprint density at radius 3 is 0.941 bits per heavy atom. The second kappa shape index (κ2) is 51.1. The van der Waals surface area contributed by atoms with Crippen molar-refractivity contribution in [3.05, 3.63) is 0 Å². The van der Waals surface area contributed by atoms with E-state index in [1.54, 1.807) is 21.3 Å². The van der Waals surface area contributed by atoms with Crippen molar-refractivity contribution in [1.82, 2.24) is 21.3 Å². The molecule has 0 saturated heterocycles. The number of hydrogen-bond donors (Lipinski definition) is 10. The third-order valence-electron chi connectivity index (χ3n) is 1.23. The van der Waals surface area contributed by atoms with Crippen molar-refractivity contribution in [3.8, 4) is 0 Å². The lowest BCUT2D eigenvalue weighted by Gasteiger charge is -1.97. The maximum Gasteiger partial charge on any atom is 0.406 e. The van der Waals surface area contributed by atoms with Crippen molar-refractivity contribution in [2.75, 3.05) is 26.7 Å². The lowest BCUT2D eigenvalue weighted by atomic mass is 10.9. The van der Waals surface area contributed by atoms with E-state index in [-0.39, 0.29) is 53.2 Å². The molecule has 0 unspecified atom stereocenters. The number of carbonyl (C=O) groups excluding carboxylic acids is 4. The fourth-order valence-corrected chi connectivity index (χ4v) is 0.484. The summed E-state index contributed by atoms with van der Waals surface area (Å²) < 4.78 is 0. The van der Waals surface area contributed by atoms with Gasteiger partial charge >= 0.3 is 30.5 Å². The SMILES string of the molecule is C.C.NCN.O.O=C(O)NCNC(=O)O.O=C(O)NCNC(=O)O.O=C=NCN=C=O.O=C=O. The van der Waals surface area contributed by atoms with Crippen LogP contribution in [0.2, 0.25) is 0 Å². The summed E-state index contributed by atoms with van der Waals surface area (Å²) in [5.74, 6) is 0. The number of carbonyl (C=O) groups is 4. The normalized spacial score (nSPS) is 6.18. The fourth-order valence-electron chi connectivity index (χ4n) is 0.484. The van der Waals surface area contributed by atoms with Crippen LogP contribution in [0.15, 0.2) is 9.98 Å². The molecule has 21 heteroatoms. The molecule has 21 nitrogen and oxygen atoms in total. The second-order valence-electron chi connectivity index (χ2n) is 3.24. The molecule has 0 aliphatic carbocycles. The number of amides is 4. The minimum Gasteiger partial charge on any atom is -0.465 e. The molecule has 0 fully saturated rings. The Morgan fingerprint density at radius 2 is 0.824 bits per heavy atom. The van der Waals surface area contributed by atoms with Crippen LogP contribution < -0.4 is 32.7 Å². The molecule has 0 aromatic rings. The quantitative estimate of drug-likeness (QED) is 0.0994. The van der Waals surface area contributed by atoms with Crippen molar-refractivity contribution < 1.29 is 64.3 Å². The van der Waals surface area contributed by atoms with Crippen LogP contribution in [0.25, 0.3) is 0 Å². The Labute approximate surface area is 192 Å². The molecule has 0 aliphatic rings. The lowest BCUT2D eigenvalue weighted by molar-refractivity contribution is -0.191. The number of rotatable bonds is 6. The van der Waals surface area contributed by atoms with Gasteiger partial charge in [0.25, 0.3) is 0 Å². The first-order chi connectivity index (χ1) is 14.5. The molecular weight excluding hydrogens is 476 g/mol. The molecule has 0 aliphatic heterocycles. The molecule has 0 heterocycles. The summed E-state index contributed by atoms with van der Waals surface area (Å²) in [5, 5.41) is 38.7. The molecule has 14 N–H and O–H groups in total. The van der Waals surface area contributed by atoms with E-state index in [9.17, 15) is 28.8 Å². The molecule has 0 saturated carbocycles. The zero-order chi connectivity index (χ0) is 25.5. The van der Waals surface area contributed by atoms with Gasteiger partial charge in [0.05, 0.1) is 13.3 Å². The Hall–Kier alpha value is -4.90. The third-order valence-corrected chi connectivity index (χ3v) is 1.23. The second-order valence-corrected chi connectivity index (χ2v) is 3.24. The Bertz CT molecular complexity index is 554. The van der Waals surface area contributed by atoms with Crippen molar-refractivity contribution in [1.29, 1.82) is 0 Å². The highest BCUT2D eigenvalue weighted by atomic mass is 16.4. The number of carboxylic acid groups (broad SMARTS) is 4. The van der Waals surface area contributed by atoms with E-state index < -0.39 is 24.4 Å². The molecule has 0 aromatic carbocycles. The molecule has 0 radical (unpaired) electrons. The summed E-state index contributed by atoms with van der Waals surface area (Å²) in [4.78, 5) is 79.0. The van der Waals surface area contributed by atoms with E-state index in [0.29, 0.717) is 0 Å². The minimum absolute atomic E-state index is 0. The van der Waals surface area contributed by atoms with E-state index in [0.717, 1.165) is 0 Å². The average molecular weight is 506 g/mol. The lowest BCUT2D eigenvalue weighted by Crippen LogP contribution is -2.35. The van der Waals surface area contributed by atoms with E-state index >= 15 is 0 Å². The third kappa shape index (κ3) is 150. The Morgan fingerprint density at radius 1 is 0.647 bits per heavy atom. The maximum absolute atomic E-state index is 9.64. The molecule has 0 spiro atoms. The highest BCUT2D eigenvalue weighted by molar-refractivity contribution is 5.67. The van der Waals surface area contributed by atoms with Gasteiger partial charge in [0.1, 0.15) is 0 Å². The first-order valence-corrected chi connectivity index (χ1v) is 6.84. The summed E-state index contributed by atoms with van der Waals surface area (Å²) in [6.45, 7) is -0.484. The molecule has 0 bridgehead atoms. The zero-order valence-electron chi connectivity index (χ0n) is 15.9. The van der Waals surface area contributed by atoms with E-state index in [1.807, 2.05) is 0 Å². The standard InChI is InChI=1S/2C3H6N2O4.C3H2N2O2.CH6N2.CO2.2CH4.H2O/c2*6-2(7)4-1-5-3(8)9;6-2-4-1-5-3-7;2*2-1-3;;;/h2*4-5H,1H2,(H,6,7)(H,8,9);1H2;1-3H2;;2*1H4;1H2. The van der Waals surface area contributed by atoms with Crippen molar-refractivity contribution >= 4 is 42.7 Å². The van der Waals surface area contributed by atoms with Crippen molar-refractivity contribution in [2.45, 2.75) is 14.9 Å². The van der Waals surface area contributed by atoms with Crippen LogP contribution in [0.1, 0.15) is 14.9 Å². The van der Waals surface area contributed by atoms with Gasteiger partial charge in [-0.15, -0.1) is 0 Å². The van der Waals surface area contributed by atoms with Gasteiger partial charge in [-0.3, -0.25) is 0 Å². The number of nitrogens with one attached hydrogen (secondary N) is 4. The molecule has 0 rings (SSSR count). The van der Waals surface area contributed by atoms with Crippen LogP contribution in [-0.4, -0.2) is 95.3 Å². The van der Waals surface area contributed by atoms with Gasteiger partial charge in [0.15, 0.2) is 6.67 Å². The smallest absolute Gasteiger partial charge is 0.406 e. The van der Waals surface area contributed by atoms with Gasteiger partial charge in [0.2, 0.25) is 12.2 Å².